The summed E-state index contributed by atoms with van der Waals surface area (Å²) in [4.78, 5) is 30.3. The quantitative estimate of drug-likeness (QED) is 0.478. The van der Waals surface area contributed by atoms with E-state index in [0.717, 1.165) is 37.2 Å². The van der Waals surface area contributed by atoms with Crippen LogP contribution in [0.25, 0.3) is 0 Å². The molecule has 3 fully saturated rings. The number of rotatable bonds is 8. The minimum atomic E-state index is -0.341. The topological polar surface area (TPSA) is 97.1 Å². The third-order valence-electron chi connectivity index (χ3n) is 9.29. The Bertz CT molecular complexity index is 1180. The van der Waals surface area contributed by atoms with Gasteiger partial charge in [-0.05, 0) is 74.1 Å². The number of benzene rings is 2. The first kappa shape index (κ1) is 26.0. The van der Waals surface area contributed by atoms with Crippen LogP contribution in [0.5, 0.6) is 11.5 Å². The Morgan fingerprint density at radius 2 is 1.69 bits per heavy atom. The van der Waals surface area contributed by atoms with E-state index in [1.54, 1.807) is 0 Å². The highest BCUT2D eigenvalue weighted by molar-refractivity contribution is 5.94. The summed E-state index contributed by atoms with van der Waals surface area (Å²) >= 11 is 0. The molecule has 39 heavy (non-hydrogen) atoms. The third kappa shape index (κ3) is 5.71. The smallest absolute Gasteiger partial charge is 0.321 e. The van der Waals surface area contributed by atoms with E-state index in [2.05, 4.69) is 16.3 Å². The lowest BCUT2D eigenvalue weighted by molar-refractivity contribution is 0.0988. The highest BCUT2D eigenvalue weighted by atomic mass is 16.7. The van der Waals surface area contributed by atoms with Gasteiger partial charge in [-0.3, -0.25) is 9.69 Å². The minimum Gasteiger partial charge on any atom is -0.454 e. The molecule has 3 amide bonds. The Balaban J connectivity index is 1.12. The molecule has 8 nitrogen and oxygen atoms in total. The third-order valence-corrected chi connectivity index (χ3v) is 9.29. The number of hydrogen-bond donors (Lipinski definition) is 2. The van der Waals surface area contributed by atoms with E-state index in [0.29, 0.717) is 47.5 Å². The monoisotopic (exact) mass is 532 g/mol. The SMILES string of the molecule is NC(=O)c1ccccc1C1CC2CCC(C1)N2CCN(CC1CCCCC1)C(=O)Nc1ccc2c(c1)OCO2. The molecule has 2 unspecified atom stereocenters. The fourth-order valence-corrected chi connectivity index (χ4v) is 7.34. The predicted octanol–water partition coefficient (Wildman–Crippen LogP) is 5.34. The second-order valence-electron chi connectivity index (χ2n) is 11.7. The number of primary amides is 1. The van der Waals surface area contributed by atoms with Gasteiger partial charge in [-0.15, -0.1) is 0 Å². The fourth-order valence-electron chi connectivity index (χ4n) is 7.34. The van der Waals surface area contributed by atoms with Gasteiger partial charge in [0.05, 0.1) is 0 Å². The van der Waals surface area contributed by atoms with Gasteiger partial charge in [-0.25, -0.2) is 4.79 Å². The first-order chi connectivity index (χ1) is 19.0. The molecule has 3 aliphatic heterocycles. The first-order valence-electron chi connectivity index (χ1n) is 14.6. The Morgan fingerprint density at radius 1 is 0.949 bits per heavy atom. The number of carbonyl (C=O) groups excluding carboxylic acids is 2. The van der Waals surface area contributed by atoms with E-state index in [9.17, 15) is 9.59 Å². The van der Waals surface area contributed by atoms with Crippen molar-refractivity contribution in [2.24, 2.45) is 11.7 Å². The lowest BCUT2D eigenvalue weighted by Gasteiger charge is -2.41. The van der Waals surface area contributed by atoms with Gasteiger partial charge in [-0.2, -0.15) is 0 Å². The average molecular weight is 533 g/mol. The largest absolute Gasteiger partial charge is 0.454 e. The van der Waals surface area contributed by atoms with Gasteiger partial charge in [0.25, 0.3) is 0 Å². The maximum Gasteiger partial charge on any atom is 0.321 e. The van der Waals surface area contributed by atoms with Crippen LogP contribution < -0.4 is 20.5 Å². The molecular weight excluding hydrogens is 492 g/mol. The van der Waals surface area contributed by atoms with Crippen LogP contribution in [-0.2, 0) is 0 Å². The molecule has 3 N–H and O–H groups in total. The number of piperidine rings is 1. The van der Waals surface area contributed by atoms with Crippen LogP contribution in [0.2, 0.25) is 0 Å². The van der Waals surface area contributed by atoms with Crippen molar-refractivity contribution in [1.82, 2.24) is 9.80 Å². The molecule has 1 aliphatic carbocycles. The molecule has 0 spiro atoms. The molecule has 0 radical (unpaired) electrons. The number of hydrogen-bond acceptors (Lipinski definition) is 5. The Kier molecular flexibility index (Phi) is 7.64. The maximum absolute atomic E-state index is 13.6. The van der Waals surface area contributed by atoms with E-state index in [1.165, 1.54) is 44.9 Å². The number of fused-ring (bicyclic) bond motifs is 3. The molecule has 8 heteroatoms. The number of nitrogens with one attached hydrogen (secondary N) is 1. The molecule has 2 saturated heterocycles. The summed E-state index contributed by atoms with van der Waals surface area (Å²) in [5.74, 6) is 1.96. The maximum atomic E-state index is 13.6. The van der Waals surface area contributed by atoms with E-state index >= 15 is 0 Å². The number of anilines is 1. The van der Waals surface area contributed by atoms with E-state index in [1.807, 2.05) is 41.3 Å². The molecule has 3 heterocycles. The van der Waals surface area contributed by atoms with Crippen molar-refractivity contribution in [2.75, 3.05) is 31.7 Å². The van der Waals surface area contributed by atoms with Crippen molar-refractivity contribution in [2.45, 2.75) is 75.8 Å². The predicted molar refractivity (Wildman–Crippen MR) is 150 cm³/mol. The van der Waals surface area contributed by atoms with Gasteiger partial charge in [0.15, 0.2) is 11.5 Å². The van der Waals surface area contributed by atoms with E-state index in [-0.39, 0.29) is 18.7 Å². The zero-order valence-electron chi connectivity index (χ0n) is 22.6. The van der Waals surface area contributed by atoms with Crippen molar-refractivity contribution in [3.63, 3.8) is 0 Å². The molecule has 2 aromatic rings. The van der Waals surface area contributed by atoms with Crippen LogP contribution in [-0.4, -0.2) is 60.2 Å². The summed E-state index contributed by atoms with van der Waals surface area (Å²) < 4.78 is 10.9. The summed E-state index contributed by atoms with van der Waals surface area (Å²) in [6.45, 7) is 2.60. The molecule has 6 rings (SSSR count). The molecule has 2 aromatic carbocycles. The molecule has 0 aromatic heterocycles. The second kappa shape index (κ2) is 11.5. The average Bonchev–Trinajstić information content (AvgIpc) is 3.51. The number of ether oxygens (including phenoxy) is 2. The first-order valence-corrected chi connectivity index (χ1v) is 14.6. The van der Waals surface area contributed by atoms with Crippen LogP contribution in [0.1, 0.15) is 79.6 Å². The second-order valence-corrected chi connectivity index (χ2v) is 11.7. The fraction of sp³-hybridized carbons (Fsp3) is 0.548. The summed E-state index contributed by atoms with van der Waals surface area (Å²) in [5, 5.41) is 3.12. The molecule has 1 saturated carbocycles. The van der Waals surface area contributed by atoms with Gasteiger partial charge in [-0.1, -0.05) is 37.5 Å². The van der Waals surface area contributed by atoms with Crippen LogP contribution >= 0.6 is 0 Å². The van der Waals surface area contributed by atoms with Crippen molar-refractivity contribution in [3.8, 4) is 11.5 Å². The van der Waals surface area contributed by atoms with Crippen molar-refractivity contribution >= 4 is 17.6 Å². The van der Waals surface area contributed by atoms with Gasteiger partial charge in [0, 0.05) is 49.0 Å². The Labute approximate surface area is 230 Å². The molecule has 4 aliphatic rings. The molecule has 2 atom stereocenters. The Morgan fingerprint density at radius 3 is 2.46 bits per heavy atom. The van der Waals surface area contributed by atoms with E-state index in [4.69, 9.17) is 15.2 Å². The highest BCUT2D eigenvalue weighted by Gasteiger charge is 2.41. The lowest BCUT2D eigenvalue weighted by atomic mass is 9.82. The zero-order chi connectivity index (χ0) is 26.8. The number of nitrogens with two attached hydrogens (primary N) is 1. The van der Waals surface area contributed by atoms with Gasteiger partial charge in [0.1, 0.15) is 0 Å². The number of urea groups is 1. The highest BCUT2D eigenvalue weighted by Crippen LogP contribution is 2.43. The van der Waals surface area contributed by atoms with Crippen LogP contribution in [0, 0.1) is 5.92 Å². The molecular formula is C31H40N4O4. The molecule has 208 valence electrons. The van der Waals surface area contributed by atoms with Crippen LogP contribution in [0.4, 0.5) is 10.5 Å². The van der Waals surface area contributed by atoms with Crippen molar-refractivity contribution in [1.29, 1.82) is 0 Å². The minimum absolute atomic E-state index is 0.0444. The number of amides is 3. The van der Waals surface area contributed by atoms with Crippen molar-refractivity contribution < 1.29 is 19.1 Å². The standard InChI is InChI=1S/C31H40N4O4/c32-30(36)27-9-5-4-8-26(27)22-16-24-11-12-25(17-22)35(24)15-14-34(19-21-6-2-1-3-7-21)31(37)33-23-10-13-28-29(18-23)39-20-38-28/h4-5,8-10,13,18,21-22,24-25H,1-3,6-7,11-12,14-17,19-20H2,(H2,32,36)(H,33,37). The number of carbonyl (C=O) groups is 2. The summed E-state index contributed by atoms with van der Waals surface area (Å²) in [6.07, 6.45) is 10.6. The van der Waals surface area contributed by atoms with Crippen LogP contribution in [0.15, 0.2) is 42.5 Å². The number of nitrogens with zero attached hydrogens (tertiary/aromatic N) is 2. The summed E-state index contributed by atoms with van der Waals surface area (Å²) in [7, 11) is 0. The van der Waals surface area contributed by atoms with Gasteiger partial charge in [0.2, 0.25) is 12.7 Å². The van der Waals surface area contributed by atoms with Crippen LogP contribution in [0.3, 0.4) is 0 Å². The van der Waals surface area contributed by atoms with Gasteiger partial charge >= 0.3 is 6.03 Å². The summed E-state index contributed by atoms with van der Waals surface area (Å²) in [6, 6.07) is 14.3. The summed E-state index contributed by atoms with van der Waals surface area (Å²) in [5.41, 5.74) is 8.19. The zero-order valence-corrected chi connectivity index (χ0v) is 22.6. The van der Waals surface area contributed by atoms with Gasteiger partial charge < -0.3 is 25.4 Å². The van der Waals surface area contributed by atoms with Crippen molar-refractivity contribution in [3.05, 3.63) is 53.6 Å². The molecule has 2 bridgehead atoms. The Hall–Kier alpha value is -3.26. The lowest BCUT2D eigenvalue weighted by Crippen LogP contribution is -2.48. The normalized spacial score (nSPS) is 24.5. The van der Waals surface area contributed by atoms with E-state index < -0.39 is 0 Å².